The molecule has 2 bridgehead atoms. The molecule has 2 aliphatic rings. The van der Waals surface area contributed by atoms with Crippen molar-refractivity contribution in [2.24, 2.45) is 17.6 Å². The second kappa shape index (κ2) is 6.66. The van der Waals surface area contributed by atoms with Crippen molar-refractivity contribution in [3.63, 3.8) is 0 Å². The van der Waals surface area contributed by atoms with Crippen LogP contribution in [0.15, 0.2) is 16.5 Å². The van der Waals surface area contributed by atoms with E-state index in [2.05, 4.69) is 5.32 Å². The van der Waals surface area contributed by atoms with E-state index in [1.54, 1.807) is 0 Å². The zero-order valence-electron chi connectivity index (χ0n) is 12.1. The Morgan fingerprint density at radius 3 is 2.50 bits per heavy atom. The van der Waals surface area contributed by atoms with Crippen LogP contribution in [0.4, 0.5) is 5.88 Å². The van der Waals surface area contributed by atoms with Gasteiger partial charge in [-0.15, -0.1) is 12.4 Å². The molecule has 2 atom stereocenters. The molecule has 1 aromatic rings. The average Bonchev–Trinajstić information content (AvgIpc) is 2.89. The second-order valence-electron chi connectivity index (χ2n) is 6.08. The summed E-state index contributed by atoms with van der Waals surface area (Å²) in [6.45, 7) is 0. The number of nitrogens with zero attached hydrogens (tertiary/aromatic N) is 1. The van der Waals surface area contributed by atoms with Gasteiger partial charge in [0.1, 0.15) is 4.92 Å². The van der Waals surface area contributed by atoms with Crippen molar-refractivity contribution in [2.75, 3.05) is 0 Å². The Morgan fingerprint density at radius 2 is 1.95 bits per heavy atom. The lowest BCUT2D eigenvalue weighted by atomic mass is 9.67. The molecule has 0 spiro atoms. The number of hydrogen-bond acceptors (Lipinski definition) is 5. The first kappa shape index (κ1) is 16.8. The van der Waals surface area contributed by atoms with Crippen LogP contribution in [0.1, 0.15) is 42.7 Å². The minimum Gasteiger partial charge on any atom is -0.395 e. The summed E-state index contributed by atoms with van der Waals surface area (Å²) in [4.78, 5) is 22.1. The molecule has 122 valence electrons. The summed E-state index contributed by atoms with van der Waals surface area (Å²) in [6.07, 6.45) is 5.20. The van der Waals surface area contributed by atoms with Gasteiger partial charge in [0.05, 0.1) is 6.07 Å². The van der Waals surface area contributed by atoms with Gasteiger partial charge in [-0.3, -0.25) is 14.9 Å². The smallest absolute Gasteiger partial charge is 0.395 e. The molecule has 1 heterocycles. The highest BCUT2D eigenvalue weighted by Gasteiger charge is 2.40. The van der Waals surface area contributed by atoms with Crippen molar-refractivity contribution < 1.29 is 14.1 Å². The van der Waals surface area contributed by atoms with Crippen molar-refractivity contribution in [3.8, 4) is 0 Å². The van der Waals surface area contributed by atoms with Crippen LogP contribution in [0.25, 0.3) is 0 Å². The van der Waals surface area contributed by atoms with E-state index in [0.29, 0.717) is 11.8 Å². The standard InChI is InChI=1S/C14H19N3O4.ClH/c15-10-6-8-2-1-3-9(7-10)13(8)16-14(18)11-4-5-12(21-11)17(19)20;/h4-5,8-10,13H,1-3,6-7,15H2,(H,16,18);1H. The Hall–Kier alpha value is -1.60. The monoisotopic (exact) mass is 329 g/mol. The molecule has 0 aromatic carbocycles. The highest BCUT2D eigenvalue weighted by molar-refractivity contribution is 5.92. The number of halogens is 1. The molecule has 1 aromatic heterocycles. The van der Waals surface area contributed by atoms with Gasteiger partial charge in [-0.25, -0.2) is 0 Å². The average molecular weight is 330 g/mol. The number of nitro groups is 1. The van der Waals surface area contributed by atoms with Crippen LogP contribution in [-0.4, -0.2) is 22.9 Å². The van der Waals surface area contributed by atoms with E-state index < -0.39 is 10.8 Å². The van der Waals surface area contributed by atoms with Crippen molar-refractivity contribution >= 4 is 24.2 Å². The lowest BCUT2D eigenvalue weighted by Gasteiger charge is -2.45. The van der Waals surface area contributed by atoms with E-state index >= 15 is 0 Å². The fourth-order valence-electron chi connectivity index (χ4n) is 3.80. The quantitative estimate of drug-likeness (QED) is 0.652. The zero-order chi connectivity index (χ0) is 15.0. The van der Waals surface area contributed by atoms with E-state index in [1.807, 2.05) is 0 Å². The van der Waals surface area contributed by atoms with Crippen molar-refractivity contribution in [1.82, 2.24) is 5.32 Å². The zero-order valence-corrected chi connectivity index (χ0v) is 12.9. The maximum Gasteiger partial charge on any atom is 0.433 e. The minimum atomic E-state index is -0.648. The SMILES string of the molecule is Cl.NC1CC2CCCC(C1)C2NC(=O)c1ccc([N+](=O)[O-])o1. The topological polar surface area (TPSA) is 111 Å². The summed E-state index contributed by atoms with van der Waals surface area (Å²) < 4.78 is 4.96. The highest BCUT2D eigenvalue weighted by Crippen LogP contribution is 2.39. The van der Waals surface area contributed by atoms with Gasteiger partial charge < -0.3 is 15.5 Å². The van der Waals surface area contributed by atoms with Gasteiger partial charge in [-0.05, 0) is 43.6 Å². The van der Waals surface area contributed by atoms with Crippen molar-refractivity contribution in [2.45, 2.75) is 44.2 Å². The molecule has 3 N–H and O–H groups in total. The summed E-state index contributed by atoms with van der Waals surface area (Å²) in [5, 5.41) is 13.6. The largest absolute Gasteiger partial charge is 0.433 e. The Labute approximate surface area is 134 Å². The number of nitrogens with one attached hydrogen (secondary N) is 1. The van der Waals surface area contributed by atoms with Gasteiger partial charge in [0.15, 0.2) is 5.76 Å². The predicted molar refractivity (Wildman–Crippen MR) is 81.9 cm³/mol. The van der Waals surface area contributed by atoms with Gasteiger partial charge in [-0.1, -0.05) is 6.42 Å². The summed E-state index contributed by atoms with van der Waals surface area (Å²) in [5.74, 6) is 0.0175. The number of carbonyl (C=O) groups is 1. The minimum absolute atomic E-state index is 0. The molecule has 0 saturated heterocycles. The number of carbonyl (C=O) groups excluding carboxylic acids is 1. The van der Waals surface area contributed by atoms with Crippen LogP contribution in [0.5, 0.6) is 0 Å². The number of fused-ring (bicyclic) bond motifs is 2. The third-order valence-corrected chi connectivity index (χ3v) is 4.67. The molecule has 0 aliphatic heterocycles. The van der Waals surface area contributed by atoms with Gasteiger partial charge >= 0.3 is 5.88 Å². The van der Waals surface area contributed by atoms with Crippen LogP contribution >= 0.6 is 12.4 Å². The number of rotatable bonds is 3. The molecule has 7 nitrogen and oxygen atoms in total. The molecule has 22 heavy (non-hydrogen) atoms. The Kier molecular flexibility index (Phi) is 5.08. The molecule has 2 aliphatic carbocycles. The molecular weight excluding hydrogens is 310 g/mol. The molecule has 3 rings (SSSR count). The lowest BCUT2D eigenvalue weighted by Crippen LogP contribution is -2.53. The number of hydrogen-bond donors (Lipinski definition) is 2. The van der Waals surface area contributed by atoms with E-state index in [1.165, 1.54) is 18.6 Å². The van der Waals surface area contributed by atoms with Gasteiger partial charge in [0, 0.05) is 12.1 Å². The number of nitrogens with two attached hydrogens (primary N) is 1. The fourth-order valence-corrected chi connectivity index (χ4v) is 3.80. The van der Waals surface area contributed by atoms with E-state index in [4.69, 9.17) is 10.2 Å². The summed E-state index contributed by atoms with van der Waals surface area (Å²) in [6, 6.07) is 2.87. The summed E-state index contributed by atoms with van der Waals surface area (Å²) >= 11 is 0. The van der Waals surface area contributed by atoms with Crippen molar-refractivity contribution in [1.29, 1.82) is 0 Å². The molecular formula is C14H20ClN3O4. The maximum atomic E-state index is 12.2. The van der Waals surface area contributed by atoms with Crippen LogP contribution in [-0.2, 0) is 0 Å². The second-order valence-corrected chi connectivity index (χ2v) is 6.08. The first-order chi connectivity index (χ1) is 10.0. The Morgan fingerprint density at radius 1 is 1.32 bits per heavy atom. The fraction of sp³-hybridized carbons (Fsp3) is 0.643. The number of furan rings is 1. The molecule has 2 unspecified atom stereocenters. The molecule has 8 heteroatoms. The summed E-state index contributed by atoms with van der Waals surface area (Å²) in [7, 11) is 0. The van der Waals surface area contributed by atoms with E-state index in [-0.39, 0.29) is 36.2 Å². The van der Waals surface area contributed by atoms with Crippen LogP contribution < -0.4 is 11.1 Å². The predicted octanol–water partition coefficient (Wildman–Crippen LogP) is 2.25. The first-order valence-electron chi connectivity index (χ1n) is 7.35. The summed E-state index contributed by atoms with van der Waals surface area (Å²) in [5.41, 5.74) is 6.06. The highest BCUT2D eigenvalue weighted by atomic mass is 35.5. The van der Waals surface area contributed by atoms with Gasteiger partial charge in [-0.2, -0.15) is 0 Å². The van der Waals surface area contributed by atoms with Crippen molar-refractivity contribution in [3.05, 3.63) is 28.0 Å². The molecule has 1 amide bonds. The molecule has 2 saturated carbocycles. The Balaban J connectivity index is 0.00000176. The van der Waals surface area contributed by atoms with Gasteiger partial charge in [0.25, 0.3) is 5.91 Å². The van der Waals surface area contributed by atoms with E-state index in [9.17, 15) is 14.9 Å². The Bertz CT molecular complexity index is 548. The van der Waals surface area contributed by atoms with Gasteiger partial charge in [0.2, 0.25) is 0 Å². The third kappa shape index (κ3) is 3.25. The molecule has 2 fully saturated rings. The van der Waals surface area contributed by atoms with Crippen LogP contribution in [0.2, 0.25) is 0 Å². The lowest BCUT2D eigenvalue weighted by molar-refractivity contribution is -0.402. The maximum absolute atomic E-state index is 12.2. The van der Waals surface area contributed by atoms with Crippen LogP contribution in [0.3, 0.4) is 0 Å². The number of amides is 1. The normalized spacial score (nSPS) is 30.2. The molecule has 0 radical (unpaired) electrons. The van der Waals surface area contributed by atoms with E-state index in [0.717, 1.165) is 25.7 Å². The third-order valence-electron chi connectivity index (χ3n) is 4.67. The first-order valence-corrected chi connectivity index (χ1v) is 7.35. The van der Waals surface area contributed by atoms with Crippen LogP contribution in [0, 0.1) is 22.0 Å².